The topological polar surface area (TPSA) is 112 Å². The van der Waals surface area contributed by atoms with Gasteiger partial charge < -0.3 is 24.6 Å². The molecular formula is C24H25F4N7O2. The second kappa shape index (κ2) is 9.66. The predicted octanol–water partition coefficient (Wildman–Crippen LogP) is 3.48. The number of anilines is 1. The zero-order valence-corrected chi connectivity index (χ0v) is 19.9. The fraction of sp³-hybridized carbons (Fsp3) is 0.500. The molecule has 2 fully saturated rings. The lowest BCUT2D eigenvalue weighted by atomic mass is 10.0. The molecular weight excluding hydrogens is 494 g/mol. The third-order valence-corrected chi connectivity index (χ3v) is 6.77. The summed E-state index contributed by atoms with van der Waals surface area (Å²) in [5, 5.41) is 19.0. The van der Waals surface area contributed by atoms with Crippen LogP contribution in [0, 0.1) is 23.2 Å². The Morgan fingerprint density at radius 3 is 2.86 bits per heavy atom. The van der Waals surface area contributed by atoms with Gasteiger partial charge >= 0.3 is 6.18 Å². The number of benzene rings is 1. The summed E-state index contributed by atoms with van der Waals surface area (Å²) in [6.45, 7) is -0.420. The lowest BCUT2D eigenvalue weighted by Gasteiger charge is -2.33. The van der Waals surface area contributed by atoms with E-state index in [0.717, 1.165) is 4.57 Å². The summed E-state index contributed by atoms with van der Waals surface area (Å²) in [7, 11) is 1.84. The zero-order chi connectivity index (χ0) is 26.3. The first kappa shape index (κ1) is 25.0. The quantitative estimate of drug-likeness (QED) is 0.460. The number of nitriles is 1. The monoisotopic (exact) mass is 519 g/mol. The van der Waals surface area contributed by atoms with Gasteiger partial charge in [-0.2, -0.15) is 23.4 Å². The van der Waals surface area contributed by atoms with E-state index >= 15 is 0 Å². The molecule has 2 N–H and O–H groups in total. The Kier molecular flexibility index (Phi) is 6.53. The van der Waals surface area contributed by atoms with Gasteiger partial charge in [0.25, 0.3) is 0 Å². The Bertz CT molecular complexity index is 1350. The number of carbonyl (C=O) groups is 1. The Labute approximate surface area is 209 Å². The maximum atomic E-state index is 14.6. The van der Waals surface area contributed by atoms with Crippen molar-refractivity contribution in [3.63, 3.8) is 0 Å². The first-order valence-corrected chi connectivity index (χ1v) is 11.9. The fourth-order valence-corrected chi connectivity index (χ4v) is 4.72. The molecule has 1 aliphatic carbocycles. The summed E-state index contributed by atoms with van der Waals surface area (Å²) in [4.78, 5) is 18.2. The van der Waals surface area contributed by atoms with Gasteiger partial charge in [0.1, 0.15) is 12.7 Å². The molecule has 1 saturated heterocycles. The van der Waals surface area contributed by atoms with Gasteiger partial charge in [0, 0.05) is 24.2 Å². The number of carbonyl (C=O) groups excluding carboxylic acids is 1. The Balaban J connectivity index is 1.42. The molecule has 3 heterocycles. The third-order valence-electron chi connectivity index (χ3n) is 6.77. The van der Waals surface area contributed by atoms with Crippen molar-refractivity contribution in [1.29, 1.82) is 5.26 Å². The molecule has 37 heavy (non-hydrogen) atoms. The molecule has 0 unspecified atom stereocenters. The Morgan fingerprint density at radius 2 is 2.16 bits per heavy atom. The van der Waals surface area contributed by atoms with Gasteiger partial charge in [0.15, 0.2) is 0 Å². The maximum Gasteiger partial charge on any atom is 0.406 e. The number of alkyl halides is 4. The molecule has 0 bridgehead atoms. The van der Waals surface area contributed by atoms with Gasteiger partial charge in [-0.25, -0.2) is 4.39 Å². The minimum absolute atomic E-state index is 0.0197. The van der Waals surface area contributed by atoms with Crippen LogP contribution in [0.25, 0.3) is 22.4 Å². The van der Waals surface area contributed by atoms with E-state index in [1.54, 1.807) is 18.2 Å². The van der Waals surface area contributed by atoms with Crippen molar-refractivity contribution < 1.29 is 26.9 Å². The zero-order valence-electron chi connectivity index (χ0n) is 19.9. The van der Waals surface area contributed by atoms with Crippen LogP contribution in [-0.2, 0) is 17.9 Å². The van der Waals surface area contributed by atoms with Crippen LogP contribution in [-0.4, -0.2) is 64.0 Å². The van der Waals surface area contributed by atoms with E-state index in [1.165, 1.54) is 6.07 Å². The highest BCUT2D eigenvalue weighted by atomic mass is 19.4. The summed E-state index contributed by atoms with van der Waals surface area (Å²) in [5.74, 6) is -1.04. The highest BCUT2D eigenvalue weighted by Gasteiger charge is 2.43. The Morgan fingerprint density at radius 1 is 1.35 bits per heavy atom. The van der Waals surface area contributed by atoms with Crippen molar-refractivity contribution in [1.82, 2.24) is 24.9 Å². The minimum Gasteiger partial charge on any atom is -0.379 e. The SMILES string of the molecule is CN1CC[C@@H](Nc2cccc3c2cc(-c2noc(CNC(=O)[C@@H]4C[C@@H]4C#N)n2)n3CC(F)(F)F)[C@@H](F)C1. The van der Waals surface area contributed by atoms with E-state index in [0.29, 0.717) is 30.5 Å². The highest BCUT2D eigenvalue weighted by Crippen LogP contribution is 2.38. The molecule has 1 aromatic carbocycles. The first-order valence-electron chi connectivity index (χ1n) is 11.9. The van der Waals surface area contributed by atoms with Crippen molar-refractivity contribution in [2.45, 2.75) is 44.3 Å². The van der Waals surface area contributed by atoms with E-state index < -0.39 is 24.9 Å². The summed E-state index contributed by atoms with van der Waals surface area (Å²) >= 11 is 0. The van der Waals surface area contributed by atoms with E-state index in [4.69, 9.17) is 9.78 Å². The highest BCUT2D eigenvalue weighted by molar-refractivity contribution is 5.96. The van der Waals surface area contributed by atoms with E-state index in [2.05, 4.69) is 20.8 Å². The molecule has 5 rings (SSSR count). The summed E-state index contributed by atoms with van der Waals surface area (Å²) in [5.41, 5.74) is 0.885. The molecule has 9 nitrogen and oxygen atoms in total. The van der Waals surface area contributed by atoms with E-state index in [9.17, 15) is 22.4 Å². The van der Waals surface area contributed by atoms with Gasteiger partial charge in [-0.05, 0) is 38.1 Å². The number of amides is 1. The number of aromatic nitrogens is 3. The molecule has 0 spiro atoms. The molecule has 2 aliphatic rings. The minimum atomic E-state index is -4.52. The standard InChI is InChI=1S/C24H25F4N7O2/c1-34-6-5-18(16(25)11-34)31-17-3-2-4-19-15(17)8-20(35(19)12-24(26,27)28)22-32-21(37-33-22)10-30-23(36)14-7-13(14)9-29/h2-4,8,13-14,16,18,31H,5-7,10-12H2,1H3,(H,30,36)/t13-,14-,16+,18-/m1/s1. The second-order valence-electron chi connectivity index (χ2n) is 9.59. The van der Waals surface area contributed by atoms with Crippen molar-refractivity contribution in [3.8, 4) is 17.6 Å². The number of hydrogen-bond acceptors (Lipinski definition) is 7. The number of likely N-dealkylation sites (tertiary alicyclic amines) is 1. The lowest BCUT2D eigenvalue weighted by molar-refractivity contribution is -0.139. The van der Waals surface area contributed by atoms with Crippen LogP contribution >= 0.6 is 0 Å². The van der Waals surface area contributed by atoms with Crippen molar-refractivity contribution in [2.24, 2.45) is 11.8 Å². The van der Waals surface area contributed by atoms with Gasteiger partial charge in [0.2, 0.25) is 17.6 Å². The first-order chi connectivity index (χ1) is 17.6. The number of nitrogens with one attached hydrogen (secondary N) is 2. The van der Waals surface area contributed by atoms with Crippen LogP contribution < -0.4 is 10.6 Å². The van der Waals surface area contributed by atoms with Crippen molar-refractivity contribution in [3.05, 3.63) is 30.2 Å². The van der Waals surface area contributed by atoms with Gasteiger partial charge in [-0.3, -0.25) is 4.79 Å². The molecule has 1 aliphatic heterocycles. The molecule has 196 valence electrons. The fourth-order valence-electron chi connectivity index (χ4n) is 4.72. The molecule has 13 heteroatoms. The molecule has 2 aromatic heterocycles. The molecule has 1 amide bonds. The molecule has 3 aromatic rings. The normalized spacial score (nSPS) is 24.1. The van der Waals surface area contributed by atoms with Crippen molar-refractivity contribution >= 4 is 22.5 Å². The van der Waals surface area contributed by atoms with Crippen LogP contribution in [0.1, 0.15) is 18.7 Å². The van der Waals surface area contributed by atoms with Crippen LogP contribution in [0.3, 0.4) is 0 Å². The predicted molar refractivity (Wildman–Crippen MR) is 125 cm³/mol. The summed E-state index contributed by atoms with van der Waals surface area (Å²) in [6.07, 6.45) is -4.60. The number of hydrogen-bond donors (Lipinski definition) is 2. The van der Waals surface area contributed by atoms with Gasteiger partial charge in [-0.1, -0.05) is 11.2 Å². The molecule has 4 atom stereocenters. The van der Waals surface area contributed by atoms with E-state index in [-0.39, 0.29) is 53.8 Å². The number of nitrogens with zero attached hydrogens (tertiary/aromatic N) is 5. The third kappa shape index (κ3) is 5.39. The molecule has 0 radical (unpaired) electrons. The van der Waals surface area contributed by atoms with Gasteiger partial charge in [0.05, 0.1) is 41.7 Å². The average molecular weight is 520 g/mol. The number of rotatable bonds is 7. The number of halogens is 4. The largest absolute Gasteiger partial charge is 0.406 e. The lowest BCUT2D eigenvalue weighted by Crippen LogP contribution is -2.46. The molecule has 1 saturated carbocycles. The van der Waals surface area contributed by atoms with Crippen LogP contribution in [0.5, 0.6) is 0 Å². The summed E-state index contributed by atoms with van der Waals surface area (Å²) < 4.78 is 61.5. The summed E-state index contributed by atoms with van der Waals surface area (Å²) in [6, 6.07) is 7.97. The van der Waals surface area contributed by atoms with Crippen LogP contribution in [0.15, 0.2) is 28.8 Å². The van der Waals surface area contributed by atoms with E-state index in [1.807, 2.05) is 18.0 Å². The Hall–Kier alpha value is -3.66. The van der Waals surface area contributed by atoms with Gasteiger partial charge in [-0.15, -0.1) is 0 Å². The smallest absolute Gasteiger partial charge is 0.379 e. The van der Waals surface area contributed by atoms with Crippen molar-refractivity contribution in [2.75, 3.05) is 25.5 Å². The van der Waals surface area contributed by atoms with Crippen LogP contribution in [0.4, 0.5) is 23.2 Å². The van der Waals surface area contributed by atoms with Crippen LogP contribution in [0.2, 0.25) is 0 Å². The number of fused-ring (bicyclic) bond motifs is 1. The maximum absolute atomic E-state index is 14.6. The number of piperidine rings is 1. The average Bonchev–Trinajstić information content (AvgIpc) is 3.35. The second-order valence-corrected chi connectivity index (χ2v) is 9.59.